The Kier molecular flexibility index (Phi) is 4.64. The summed E-state index contributed by atoms with van der Waals surface area (Å²) in [5, 5.41) is 3.35. The average Bonchev–Trinajstić information content (AvgIpc) is 2.78. The van der Waals surface area contributed by atoms with Gasteiger partial charge in [-0.2, -0.15) is 0 Å². The van der Waals surface area contributed by atoms with Crippen molar-refractivity contribution in [3.63, 3.8) is 0 Å². The predicted molar refractivity (Wildman–Crippen MR) is 103 cm³/mol. The fourth-order valence-electron chi connectivity index (χ4n) is 3.49. The molecule has 1 N–H and O–H groups in total. The van der Waals surface area contributed by atoms with Gasteiger partial charge in [-0.15, -0.1) is 0 Å². The van der Waals surface area contributed by atoms with Crippen LogP contribution in [-0.4, -0.2) is 31.7 Å². The molecule has 6 heteroatoms. The number of carbonyl (C=O) groups is 1. The zero-order chi connectivity index (χ0) is 18.1. The number of benzene rings is 2. The first-order chi connectivity index (χ1) is 12.6. The first-order valence-corrected chi connectivity index (χ1v) is 9.23. The molecule has 26 heavy (non-hydrogen) atoms. The standard InChI is InChI=1S/C20H21ClN2O3/c1-13-9-14-5-2-3-6-17(14)23(13)12-20(24)22-16-11-19-18(10-15(16)21)25-7-4-8-26-19/h2-3,5-6,10-11,13H,4,7-9,12H2,1H3,(H,22,24). The van der Waals surface area contributed by atoms with E-state index in [2.05, 4.69) is 29.3 Å². The van der Waals surface area contributed by atoms with Crippen LogP contribution < -0.4 is 19.7 Å². The summed E-state index contributed by atoms with van der Waals surface area (Å²) in [6, 6.07) is 11.9. The summed E-state index contributed by atoms with van der Waals surface area (Å²) in [5.41, 5.74) is 2.95. The highest BCUT2D eigenvalue weighted by atomic mass is 35.5. The molecule has 1 amide bonds. The molecule has 2 heterocycles. The first kappa shape index (κ1) is 17.0. The molecular weight excluding hydrogens is 352 g/mol. The number of rotatable bonds is 3. The molecule has 5 nitrogen and oxygen atoms in total. The molecule has 1 unspecified atom stereocenters. The molecule has 1 atom stereocenters. The van der Waals surface area contributed by atoms with Crippen molar-refractivity contribution in [1.82, 2.24) is 0 Å². The van der Waals surface area contributed by atoms with Crippen LogP contribution in [0.2, 0.25) is 5.02 Å². The van der Waals surface area contributed by atoms with Crippen molar-refractivity contribution in [3.05, 3.63) is 47.0 Å². The van der Waals surface area contributed by atoms with Gasteiger partial charge in [0.25, 0.3) is 0 Å². The molecular formula is C20H21ClN2O3. The van der Waals surface area contributed by atoms with Crippen molar-refractivity contribution in [1.29, 1.82) is 0 Å². The van der Waals surface area contributed by atoms with Gasteiger partial charge in [0, 0.05) is 30.3 Å². The van der Waals surface area contributed by atoms with Crippen LogP contribution >= 0.6 is 11.6 Å². The molecule has 4 rings (SSSR count). The number of para-hydroxylation sites is 1. The van der Waals surface area contributed by atoms with E-state index in [4.69, 9.17) is 21.1 Å². The second kappa shape index (κ2) is 7.08. The van der Waals surface area contributed by atoms with Gasteiger partial charge in [0.05, 0.1) is 30.5 Å². The normalized spacial score (nSPS) is 18.2. The van der Waals surface area contributed by atoms with E-state index in [1.807, 2.05) is 12.1 Å². The number of hydrogen-bond acceptors (Lipinski definition) is 4. The number of nitrogens with one attached hydrogen (secondary N) is 1. The van der Waals surface area contributed by atoms with Crippen molar-refractivity contribution >= 4 is 28.9 Å². The minimum Gasteiger partial charge on any atom is -0.490 e. The summed E-state index contributed by atoms with van der Waals surface area (Å²) in [5.74, 6) is 1.12. The van der Waals surface area contributed by atoms with E-state index in [-0.39, 0.29) is 18.5 Å². The Labute approximate surface area is 157 Å². The summed E-state index contributed by atoms with van der Waals surface area (Å²) in [6.45, 7) is 3.60. The van der Waals surface area contributed by atoms with Crippen LogP contribution in [0.5, 0.6) is 11.5 Å². The third-order valence-corrected chi connectivity index (χ3v) is 5.09. The molecule has 0 radical (unpaired) electrons. The molecule has 0 saturated carbocycles. The van der Waals surface area contributed by atoms with Crippen molar-refractivity contribution in [2.75, 3.05) is 30.0 Å². The second-order valence-electron chi connectivity index (χ2n) is 6.69. The molecule has 2 aromatic carbocycles. The summed E-state index contributed by atoms with van der Waals surface area (Å²) in [6.07, 6.45) is 1.77. The van der Waals surface area contributed by atoms with Gasteiger partial charge in [0.15, 0.2) is 11.5 Å². The molecule has 0 spiro atoms. The lowest BCUT2D eigenvalue weighted by Crippen LogP contribution is -2.37. The van der Waals surface area contributed by atoms with Gasteiger partial charge in [-0.25, -0.2) is 0 Å². The Bertz CT molecular complexity index is 840. The summed E-state index contributed by atoms with van der Waals surface area (Å²) in [4.78, 5) is 14.8. The Morgan fingerprint density at radius 2 is 1.96 bits per heavy atom. The number of nitrogens with zero attached hydrogens (tertiary/aromatic N) is 1. The number of carbonyl (C=O) groups excluding carboxylic acids is 1. The average molecular weight is 373 g/mol. The monoisotopic (exact) mass is 372 g/mol. The Balaban J connectivity index is 1.50. The quantitative estimate of drug-likeness (QED) is 0.888. The molecule has 2 aliphatic heterocycles. The molecule has 2 aliphatic rings. The maximum atomic E-state index is 12.6. The van der Waals surface area contributed by atoms with E-state index >= 15 is 0 Å². The second-order valence-corrected chi connectivity index (χ2v) is 7.09. The fraction of sp³-hybridized carbons (Fsp3) is 0.350. The zero-order valence-corrected chi connectivity index (χ0v) is 15.4. The van der Waals surface area contributed by atoms with Crippen LogP contribution in [0.4, 0.5) is 11.4 Å². The van der Waals surface area contributed by atoms with Crippen molar-refractivity contribution in [2.45, 2.75) is 25.8 Å². The van der Waals surface area contributed by atoms with Gasteiger partial charge in [-0.3, -0.25) is 4.79 Å². The van der Waals surface area contributed by atoms with Crippen LogP contribution in [0.15, 0.2) is 36.4 Å². The lowest BCUT2D eigenvalue weighted by Gasteiger charge is -2.24. The van der Waals surface area contributed by atoms with E-state index in [1.165, 1.54) is 5.56 Å². The topological polar surface area (TPSA) is 50.8 Å². The molecule has 2 aromatic rings. The van der Waals surface area contributed by atoms with Gasteiger partial charge in [0.2, 0.25) is 5.91 Å². The molecule has 0 fully saturated rings. The Morgan fingerprint density at radius 1 is 1.23 bits per heavy atom. The van der Waals surface area contributed by atoms with E-state index in [0.717, 1.165) is 18.5 Å². The van der Waals surface area contributed by atoms with Crippen LogP contribution in [0.3, 0.4) is 0 Å². The van der Waals surface area contributed by atoms with Gasteiger partial charge in [-0.05, 0) is 25.0 Å². The highest BCUT2D eigenvalue weighted by Gasteiger charge is 2.27. The number of fused-ring (bicyclic) bond motifs is 2. The Morgan fingerprint density at radius 3 is 2.77 bits per heavy atom. The summed E-state index contributed by atoms with van der Waals surface area (Å²) >= 11 is 6.32. The third-order valence-electron chi connectivity index (χ3n) is 4.77. The van der Waals surface area contributed by atoms with Gasteiger partial charge in [0.1, 0.15) is 0 Å². The minimum atomic E-state index is -0.107. The molecule has 0 aromatic heterocycles. The van der Waals surface area contributed by atoms with E-state index in [1.54, 1.807) is 12.1 Å². The lowest BCUT2D eigenvalue weighted by atomic mass is 10.1. The van der Waals surface area contributed by atoms with Crippen molar-refractivity contribution < 1.29 is 14.3 Å². The number of ether oxygens (including phenoxy) is 2. The number of halogens is 1. The van der Waals surface area contributed by atoms with Crippen LogP contribution in [0, 0.1) is 0 Å². The molecule has 136 valence electrons. The van der Waals surface area contributed by atoms with Crippen LogP contribution in [-0.2, 0) is 11.2 Å². The predicted octanol–water partition coefficient (Wildman–Crippen LogP) is 3.89. The van der Waals surface area contributed by atoms with Crippen molar-refractivity contribution in [2.24, 2.45) is 0 Å². The highest BCUT2D eigenvalue weighted by molar-refractivity contribution is 6.34. The van der Waals surface area contributed by atoms with E-state index in [0.29, 0.717) is 35.4 Å². The van der Waals surface area contributed by atoms with E-state index in [9.17, 15) is 4.79 Å². The van der Waals surface area contributed by atoms with Gasteiger partial charge >= 0.3 is 0 Å². The lowest BCUT2D eigenvalue weighted by molar-refractivity contribution is -0.115. The summed E-state index contributed by atoms with van der Waals surface area (Å²) < 4.78 is 11.3. The van der Waals surface area contributed by atoms with Crippen LogP contribution in [0.25, 0.3) is 0 Å². The number of hydrogen-bond donors (Lipinski definition) is 1. The SMILES string of the molecule is CC1Cc2ccccc2N1CC(=O)Nc1cc2c(cc1Cl)OCCCO2. The maximum absolute atomic E-state index is 12.6. The first-order valence-electron chi connectivity index (χ1n) is 8.85. The van der Waals surface area contributed by atoms with Crippen molar-refractivity contribution in [3.8, 4) is 11.5 Å². The van der Waals surface area contributed by atoms with Gasteiger partial charge in [-0.1, -0.05) is 29.8 Å². The minimum absolute atomic E-state index is 0.107. The highest BCUT2D eigenvalue weighted by Crippen LogP contribution is 2.38. The molecule has 0 saturated heterocycles. The fourth-order valence-corrected chi connectivity index (χ4v) is 3.70. The van der Waals surface area contributed by atoms with E-state index < -0.39 is 0 Å². The molecule has 0 aliphatic carbocycles. The van der Waals surface area contributed by atoms with Gasteiger partial charge < -0.3 is 19.7 Å². The maximum Gasteiger partial charge on any atom is 0.243 e. The largest absolute Gasteiger partial charge is 0.490 e. The molecule has 0 bridgehead atoms. The zero-order valence-electron chi connectivity index (χ0n) is 14.6. The van der Waals surface area contributed by atoms with Crippen LogP contribution in [0.1, 0.15) is 18.9 Å². The number of anilines is 2. The smallest absolute Gasteiger partial charge is 0.243 e. The third kappa shape index (κ3) is 3.31. The number of amides is 1. The summed E-state index contributed by atoms with van der Waals surface area (Å²) in [7, 11) is 0. The Hall–Kier alpha value is -2.40.